The van der Waals surface area contributed by atoms with Crippen molar-refractivity contribution in [3.8, 4) is 0 Å². The van der Waals surface area contributed by atoms with E-state index in [0.717, 1.165) is 11.8 Å². The standard InChI is InChI=1S/C10H15N7O4S2/c11-7-15-8(12)17-10(16-7)22-3-6(18)14-9(19)13-5-1-2-23(20,21)4-5/h5H,1-4H2,(H2,13,14,18,19)(H4,11,12,15,16,17). The Morgan fingerprint density at radius 1 is 1.22 bits per heavy atom. The van der Waals surface area contributed by atoms with Gasteiger partial charge in [-0.3, -0.25) is 10.1 Å². The van der Waals surface area contributed by atoms with E-state index < -0.39 is 27.8 Å². The number of thioether (sulfide) groups is 1. The molecule has 0 radical (unpaired) electrons. The highest BCUT2D eigenvalue weighted by atomic mass is 32.2. The minimum atomic E-state index is -3.10. The van der Waals surface area contributed by atoms with E-state index in [9.17, 15) is 18.0 Å². The number of sulfone groups is 1. The molecule has 2 rings (SSSR count). The highest BCUT2D eigenvalue weighted by molar-refractivity contribution is 7.99. The summed E-state index contributed by atoms with van der Waals surface area (Å²) in [5.41, 5.74) is 10.8. The molecular formula is C10H15N7O4S2. The normalized spacial score (nSPS) is 19.2. The van der Waals surface area contributed by atoms with E-state index in [1.165, 1.54) is 0 Å². The van der Waals surface area contributed by atoms with E-state index in [2.05, 4.69) is 25.6 Å². The van der Waals surface area contributed by atoms with Crippen LogP contribution in [0.1, 0.15) is 6.42 Å². The molecule has 1 aliphatic heterocycles. The van der Waals surface area contributed by atoms with Crippen LogP contribution in [0.3, 0.4) is 0 Å². The van der Waals surface area contributed by atoms with Crippen molar-refractivity contribution < 1.29 is 18.0 Å². The number of nitrogens with zero attached hydrogens (tertiary/aromatic N) is 3. The molecule has 0 saturated carbocycles. The molecule has 3 amide bonds. The maximum atomic E-state index is 11.7. The molecule has 2 heterocycles. The van der Waals surface area contributed by atoms with Crippen LogP contribution in [0.15, 0.2) is 5.16 Å². The molecule has 1 atom stereocenters. The van der Waals surface area contributed by atoms with E-state index >= 15 is 0 Å². The molecule has 0 bridgehead atoms. The fourth-order valence-corrected chi connectivity index (χ4v) is 4.20. The van der Waals surface area contributed by atoms with E-state index in [-0.39, 0.29) is 34.3 Å². The third kappa shape index (κ3) is 5.52. The fourth-order valence-electron chi connectivity index (χ4n) is 1.88. The summed E-state index contributed by atoms with van der Waals surface area (Å²) in [5.74, 6) is -0.956. The summed E-state index contributed by atoms with van der Waals surface area (Å²) < 4.78 is 22.6. The van der Waals surface area contributed by atoms with Crippen molar-refractivity contribution in [3.05, 3.63) is 0 Å². The number of nitrogens with two attached hydrogens (primary N) is 2. The Balaban J connectivity index is 1.77. The monoisotopic (exact) mass is 361 g/mol. The lowest BCUT2D eigenvalue weighted by Crippen LogP contribution is -2.45. The van der Waals surface area contributed by atoms with Crippen molar-refractivity contribution in [1.82, 2.24) is 25.6 Å². The lowest BCUT2D eigenvalue weighted by molar-refractivity contribution is -0.117. The summed E-state index contributed by atoms with van der Waals surface area (Å²) >= 11 is 0.931. The van der Waals surface area contributed by atoms with Crippen LogP contribution in [0.4, 0.5) is 16.7 Å². The third-order valence-electron chi connectivity index (χ3n) is 2.80. The first-order chi connectivity index (χ1) is 10.7. The van der Waals surface area contributed by atoms with Crippen LogP contribution in [0, 0.1) is 0 Å². The van der Waals surface area contributed by atoms with Crippen LogP contribution in [0.5, 0.6) is 0 Å². The molecule has 13 heteroatoms. The summed E-state index contributed by atoms with van der Waals surface area (Å²) in [6.07, 6.45) is 0.335. The van der Waals surface area contributed by atoms with Gasteiger partial charge >= 0.3 is 6.03 Å². The highest BCUT2D eigenvalue weighted by Gasteiger charge is 2.29. The van der Waals surface area contributed by atoms with Crippen molar-refractivity contribution in [2.24, 2.45) is 0 Å². The SMILES string of the molecule is Nc1nc(N)nc(SCC(=O)NC(=O)NC2CCS(=O)(=O)C2)n1. The predicted molar refractivity (Wildman–Crippen MR) is 83.1 cm³/mol. The Hall–Kier alpha value is -2.15. The van der Waals surface area contributed by atoms with Gasteiger partial charge in [0.15, 0.2) is 15.0 Å². The molecule has 1 unspecified atom stereocenters. The highest BCUT2D eigenvalue weighted by Crippen LogP contribution is 2.14. The first-order valence-corrected chi connectivity index (χ1v) is 9.25. The summed E-state index contributed by atoms with van der Waals surface area (Å²) in [7, 11) is -3.10. The number of aromatic nitrogens is 3. The Bertz CT molecular complexity index is 704. The van der Waals surface area contributed by atoms with Gasteiger partial charge in [-0.15, -0.1) is 0 Å². The number of imide groups is 1. The number of carbonyl (C=O) groups is 2. The molecular weight excluding hydrogens is 346 g/mol. The molecule has 126 valence electrons. The molecule has 1 aliphatic rings. The summed E-state index contributed by atoms with van der Waals surface area (Å²) in [6.45, 7) is 0. The summed E-state index contributed by atoms with van der Waals surface area (Å²) in [4.78, 5) is 34.4. The molecule has 23 heavy (non-hydrogen) atoms. The van der Waals surface area contributed by atoms with E-state index in [1.807, 2.05) is 0 Å². The number of rotatable bonds is 4. The lowest BCUT2D eigenvalue weighted by atomic mass is 10.3. The second kappa shape index (κ2) is 6.95. The van der Waals surface area contributed by atoms with Crippen LogP contribution in [0.25, 0.3) is 0 Å². The number of anilines is 2. The topological polar surface area (TPSA) is 183 Å². The Labute approximate surface area is 135 Å². The quantitative estimate of drug-likeness (QED) is 0.443. The largest absolute Gasteiger partial charge is 0.368 e. The van der Waals surface area contributed by atoms with Crippen molar-refractivity contribution in [3.63, 3.8) is 0 Å². The van der Waals surface area contributed by atoms with Crippen molar-refractivity contribution in [2.45, 2.75) is 17.6 Å². The molecule has 1 aromatic heterocycles. The molecule has 0 aliphatic carbocycles. The van der Waals surface area contributed by atoms with E-state index in [4.69, 9.17) is 11.5 Å². The Morgan fingerprint density at radius 2 is 1.87 bits per heavy atom. The van der Waals surface area contributed by atoms with Gasteiger partial charge in [0.1, 0.15) is 0 Å². The van der Waals surface area contributed by atoms with Gasteiger partial charge in [0.05, 0.1) is 17.3 Å². The molecule has 1 fully saturated rings. The number of carbonyl (C=O) groups excluding carboxylic acids is 2. The molecule has 1 saturated heterocycles. The van der Waals surface area contributed by atoms with Crippen LogP contribution >= 0.6 is 11.8 Å². The van der Waals surface area contributed by atoms with Gasteiger partial charge in [0.25, 0.3) is 0 Å². The number of hydrogen-bond donors (Lipinski definition) is 4. The van der Waals surface area contributed by atoms with Gasteiger partial charge in [-0.25, -0.2) is 13.2 Å². The van der Waals surface area contributed by atoms with Gasteiger partial charge in [0.2, 0.25) is 17.8 Å². The maximum Gasteiger partial charge on any atom is 0.321 e. The van der Waals surface area contributed by atoms with Gasteiger partial charge in [-0.1, -0.05) is 11.8 Å². The first-order valence-electron chi connectivity index (χ1n) is 6.44. The van der Waals surface area contributed by atoms with Gasteiger partial charge in [-0.05, 0) is 6.42 Å². The number of nitrogens with one attached hydrogen (secondary N) is 2. The van der Waals surface area contributed by atoms with Crippen LogP contribution in [0.2, 0.25) is 0 Å². The molecule has 6 N–H and O–H groups in total. The second-order valence-electron chi connectivity index (χ2n) is 4.74. The van der Waals surface area contributed by atoms with Crippen LogP contribution < -0.4 is 22.1 Å². The number of urea groups is 1. The molecule has 0 aromatic carbocycles. The lowest BCUT2D eigenvalue weighted by Gasteiger charge is -2.11. The fraction of sp³-hybridized carbons (Fsp3) is 0.500. The van der Waals surface area contributed by atoms with Gasteiger partial charge < -0.3 is 16.8 Å². The van der Waals surface area contributed by atoms with Gasteiger partial charge in [0, 0.05) is 6.04 Å². The van der Waals surface area contributed by atoms with E-state index in [0.29, 0.717) is 6.42 Å². The van der Waals surface area contributed by atoms with E-state index in [1.54, 1.807) is 0 Å². The number of nitrogen functional groups attached to an aromatic ring is 2. The smallest absolute Gasteiger partial charge is 0.321 e. The van der Waals surface area contributed by atoms with Crippen molar-refractivity contribution in [1.29, 1.82) is 0 Å². The third-order valence-corrected chi connectivity index (χ3v) is 5.42. The number of hydrogen-bond acceptors (Lipinski definition) is 10. The Kier molecular flexibility index (Phi) is 5.20. The summed E-state index contributed by atoms with van der Waals surface area (Å²) in [5, 5.41) is 4.70. The molecule has 11 nitrogen and oxygen atoms in total. The Morgan fingerprint density at radius 3 is 2.43 bits per heavy atom. The molecule has 0 spiro atoms. The average molecular weight is 361 g/mol. The second-order valence-corrected chi connectivity index (χ2v) is 7.92. The maximum absolute atomic E-state index is 11.7. The summed E-state index contributed by atoms with van der Waals surface area (Å²) in [6, 6.07) is -1.23. The van der Waals surface area contributed by atoms with Crippen LogP contribution in [-0.4, -0.2) is 58.6 Å². The zero-order chi connectivity index (χ0) is 17.0. The predicted octanol–water partition coefficient (Wildman–Crippen LogP) is -1.86. The van der Waals surface area contributed by atoms with Crippen LogP contribution in [-0.2, 0) is 14.6 Å². The minimum Gasteiger partial charge on any atom is -0.368 e. The van der Waals surface area contributed by atoms with Crippen molar-refractivity contribution >= 4 is 45.4 Å². The minimum absolute atomic E-state index is 0.0317. The zero-order valence-electron chi connectivity index (χ0n) is 11.9. The zero-order valence-corrected chi connectivity index (χ0v) is 13.5. The molecule has 1 aromatic rings. The van der Waals surface area contributed by atoms with Crippen molar-refractivity contribution in [2.75, 3.05) is 28.7 Å². The average Bonchev–Trinajstić information content (AvgIpc) is 2.74. The number of amides is 3. The first kappa shape index (κ1) is 17.2. The van der Waals surface area contributed by atoms with Gasteiger partial charge in [-0.2, -0.15) is 15.0 Å².